The van der Waals surface area contributed by atoms with Crippen LogP contribution >= 0.6 is 0 Å². The van der Waals surface area contributed by atoms with Crippen LogP contribution in [0.2, 0.25) is 0 Å². The van der Waals surface area contributed by atoms with Gasteiger partial charge in [0.15, 0.2) is 0 Å². The van der Waals surface area contributed by atoms with E-state index in [9.17, 15) is 9.90 Å². The minimum absolute atomic E-state index is 0.0240. The molecule has 0 aliphatic heterocycles. The molecular formula is C15H24N2O2. The molecule has 0 bridgehead atoms. The van der Waals surface area contributed by atoms with Gasteiger partial charge in [0.05, 0.1) is 0 Å². The highest BCUT2D eigenvalue weighted by atomic mass is 16.3. The highest BCUT2D eigenvalue weighted by Crippen LogP contribution is 2.24. The van der Waals surface area contributed by atoms with Gasteiger partial charge >= 0.3 is 0 Å². The molecule has 0 spiro atoms. The van der Waals surface area contributed by atoms with Gasteiger partial charge < -0.3 is 15.0 Å². The number of aromatic nitrogens is 1. The van der Waals surface area contributed by atoms with Crippen molar-refractivity contribution in [3.8, 4) is 0 Å². The van der Waals surface area contributed by atoms with Gasteiger partial charge in [-0.3, -0.25) is 4.79 Å². The number of hydrogen-bond donors (Lipinski definition) is 2. The van der Waals surface area contributed by atoms with E-state index in [-0.39, 0.29) is 30.5 Å². The van der Waals surface area contributed by atoms with Crippen LogP contribution in [0.4, 0.5) is 0 Å². The fraction of sp³-hybridized carbons (Fsp3) is 0.667. The standard InChI is InChI=1S/C15H24N2O2/c1-11(2)17-9-5-8-14(17)15(19)16-13-7-4-3-6-12(13)10-18/h5,8-9,11-13,18H,3-4,6-7,10H2,1-2H3,(H,16,19). The van der Waals surface area contributed by atoms with Crippen LogP contribution in [0.1, 0.15) is 56.1 Å². The van der Waals surface area contributed by atoms with E-state index in [1.165, 1.54) is 0 Å². The number of hydrogen-bond acceptors (Lipinski definition) is 2. The van der Waals surface area contributed by atoms with Crippen LogP contribution in [0.15, 0.2) is 18.3 Å². The summed E-state index contributed by atoms with van der Waals surface area (Å²) in [6.45, 7) is 4.29. The third-order valence-electron chi connectivity index (χ3n) is 4.03. The molecule has 0 radical (unpaired) electrons. The van der Waals surface area contributed by atoms with Crippen molar-refractivity contribution in [1.82, 2.24) is 9.88 Å². The maximum Gasteiger partial charge on any atom is 0.268 e. The molecule has 1 saturated carbocycles. The van der Waals surface area contributed by atoms with E-state index in [0.717, 1.165) is 25.7 Å². The smallest absolute Gasteiger partial charge is 0.268 e. The number of carbonyl (C=O) groups is 1. The van der Waals surface area contributed by atoms with Crippen LogP contribution in [0.25, 0.3) is 0 Å². The Morgan fingerprint density at radius 1 is 1.47 bits per heavy atom. The molecule has 2 rings (SSSR count). The van der Waals surface area contributed by atoms with Gasteiger partial charge in [0, 0.05) is 30.8 Å². The summed E-state index contributed by atoms with van der Waals surface area (Å²) in [6, 6.07) is 4.14. The largest absolute Gasteiger partial charge is 0.396 e. The molecule has 4 nitrogen and oxygen atoms in total. The van der Waals surface area contributed by atoms with Gasteiger partial charge in [0.1, 0.15) is 5.69 Å². The summed E-state index contributed by atoms with van der Waals surface area (Å²) < 4.78 is 1.98. The zero-order chi connectivity index (χ0) is 13.8. The SMILES string of the molecule is CC(C)n1cccc1C(=O)NC1CCCCC1CO. The molecule has 1 aliphatic carbocycles. The molecule has 1 amide bonds. The fourth-order valence-corrected chi connectivity index (χ4v) is 2.90. The summed E-state index contributed by atoms with van der Waals surface area (Å²) in [5.74, 6) is 0.184. The zero-order valence-electron chi connectivity index (χ0n) is 11.8. The first-order chi connectivity index (χ1) is 9.13. The summed E-state index contributed by atoms with van der Waals surface area (Å²) in [6.07, 6.45) is 6.20. The van der Waals surface area contributed by atoms with Gasteiger partial charge in [-0.05, 0) is 38.8 Å². The molecule has 19 heavy (non-hydrogen) atoms. The van der Waals surface area contributed by atoms with Crippen molar-refractivity contribution in [3.05, 3.63) is 24.0 Å². The monoisotopic (exact) mass is 264 g/mol. The molecule has 1 fully saturated rings. The van der Waals surface area contributed by atoms with Crippen LogP contribution in [0, 0.1) is 5.92 Å². The minimum Gasteiger partial charge on any atom is -0.396 e. The van der Waals surface area contributed by atoms with Gasteiger partial charge in [-0.25, -0.2) is 0 Å². The number of carbonyl (C=O) groups excluding carboxylic acids is 1. The second kappa shape index (κ2) is 6.24. The molecule has 4 heteroatoms. The Hall–Kier alpha value is -1.29. The first-order valence-electron chi connectivity index (χ1n) is 7.22. The number of aliphatic hydroxyl groups excluding tert-OH is 1. The number of aliphatic hydroxyl groups is 1. The van der Waals surface area contributed by atoms with Crippen molar-refractivity contribution in [3.63, 3.8) is 0 Å². The minimum atomic E-state index is -0.0240. The van der Waals surface area contributed by atoms with Crippen LogP contribution in [0.5, 0.6) is 0 Å². The van der Waals surface area contributed by atoms with Crippen LogP contribution in [-0.2, 0) is 0 Å². The van der Waals surface area contributed by atoms with Gasteiger partial charge in [-0.1, -0.05) is 12.8 Å². The predicted octanol–water partition coefficient (Wildman–Crippen LogP) is 2.35. The van der Waals surface area contributed by atoms with Gasteiger partial charge in [0.2, 0.25) is 0 Å². The van der Waals surface area contributed by atoms with Crippen molar-refractivity contribution in [1.29, 1.82) is 0 Å². The second-order valence-corrected chi connectivity index (χ2v) is 5.70. The van der Waals surface area contributed by atoms with Crippen molar-refractivity contribution in [2.45, 2.75) is 51.6 Å². The summed E-state index contributed by atoms with van der Waals surface area (Å²) in [5.41, 5.74) is 0.706. The first-order valence-corrected chi connectivity index (χ1v) is 7.22. The first kappa shape index (κ1) is 14.1. The molecular weight excluding hydrogens is 240 g/mol. The Labute approximate surface area is 114 Å². The van der Waals surface area contributed by atoms with Crippen molar-refractivity contribution < 1.29 is 9.90 Å². The summed E-state index contributed by atoms with van der Waals surface area (Å²) in [5, 5.41) is 12.5. The molecule has 1 aliphatic rings. The lowest BCUT2D eigenvalue weighted by Crippen LogP contribution is -2.44. The topological polar surface area (TPSA) is 54.3 Å². The Balaban J connectivity index is 2.05. The van der Waals surface area contributed by atoms with Crippen molar-refractivity contribution >= 4 is 5.91 Å². The van der Waals surface area contributed by atoms with E-state index in [1.807, 2.05) is 22.9 Å². The van der Waals surface area contributed by atoms with E-state index >= 15 is 0 Å². The molecule has 2 unspecified atom stereocenters. The molecule has 1 aromatic rings. The van der Waals surface area contributed by atoms with Crippen molar-refractivity contribution in [2.24, 2.45) is 5.92 Å². The molecule has 0 aromatic carbocycles. The maximum atomic E-state index is 12.3. The van der Waals surface area contributed by atoms with Gasteiger partial charge in [0.25, 0.3) is 5.91 Å². The van der Waals surface area contributed by atoms with Gasteiger partial charge in [-0.15, -0.1) is 0 Å². The number of amides is 1. The quantitative estimate of drug-likeness (QED) is 0.877. The zero-order valence-corrected chi connectivity index (χ0v) is 11.8. The normalized spacial score (nSPS) is 23.6. The molecule has 0 saturated heterocycles. The Kier molecular flexibility index (Phi) is 4.64. The number of nitrogens with zero attached hydrogens (tertiary/aromatic N) is 1. The van der Waals surface area contributed by atoms with E-state index < -0.39 is 0 Å². The maximum absolute atomic E-state index is 12.3. The van der Waals surface area contributed by atoms with Gasteiger partial charge in [-0.2, -0.15) is 0 Å². The highest BCUT2D eigenvalue weighted by Gasteiger charge is 2.26. The number of nitrogens with one attached hydrogen (secondary N) is 1. The Morgan fingerprint density at radius 3 is 2.89 bits per heavy atom. The molecule has 106 valence electrons. The summed E-state index contributed by atoms with van der Waals surface area (Å²) in [7, 11) is 0. The van der Waals surface area contributed by atoms with E-state index in [0.29, 0.717) is 5.69 Å². The fourth-order valence-electron chi connectivity index (χ4n) is 2.90. The third-order valence-corrected chi connectivity index (χ3v) is 4.03. The molecule has 1 aromatic heterocycles. The lowest BCUT2D eigenvalue weighted by Gasteiger charge is -2.31. The van der Waals surface area contributed by atoms with Crippen LogP contribution in [0.3, 0.4) is 0 Å². The lowest BCUT2D eigenvalue weighted by molar-refractivity contribution is 0.0862. The molecule has 2 atom stereocenters. The predicted molar refractivity (Wildman–Crippen MR) is 75.1 cm³/mol. The molecule has 1 heterocycles. The summed E-state index contributed by atoms with van der Waals surface area (Å²) in [4.78, 5) is 12.3. The van der Waals surface area contributed by atoms with Crippen LogP contribution < -0.4 is 5.32 Å². The lowest BCUT2D eigenvalue weighted by atomic mass is 9.85. The Morgan fingerprint density at radius 2 is 2.21 bits per heavy atom. The second-order valence-electron chi connectivity index (χ2n) is 5.70. The van der Waals surface area contributed by atoms with Crippen molar-refractivity contribution in [2.75, 3.05) is 6.61 Å². The number of rotatable bonds is 4. The van der Waals surface area contributed by atoms with E-state index in [2.05, 4.69) is 19.2 Å². The molecule has 2 N–H and O–H groups in total. The summed E-state index contributed by atoms with van der Waals surface area (Å²) >= 11 is 0. The third kappa shape index (κ3) is 3.18. The van der Waals surface area contributed by atoms with Crippen LogP contribution in [-0.4, -0.2) is 28.2 Å². The van der Waals surface area contributed by atoms with E-state index in [4.69, 9.17) is 0 Å². The average Bonchev–Trinajstić information content (AvgIpc) is 2.88. The Bertz CT molecular complexity index is 426. The highest BCUT2D eigenvalue weighted by molar-refractivity contribution is 5.93. The average molecular weight is 264 g/mol. The van der Waals surface area contributed by atoms with E-state index in [1.54, 1.807) is 0 Å².